The van der Waals surface area contributed by atoms with Crippen LogP contribution in [0.5, 0.6) is 0 Å². The molecular weight excluding hydrogens is 363 g/mol. The van der Waals surface area contributed by atoms with Crippen molar-refractivity contribution in [3.63, 3.8) is 0 Å². The van der Waals surface area contributed by atoms with E-state index in [9.17, 15) is 9.59 Å². The molecule has 1 amide bonds. The van der Waals surface area contributed by atoms with Crippen LogP contribution in [-0.2, 0) is 11.3 Å². The van der Waals surface area contributed by atoms with Gasteiger partial charge in [0.2, 0.25) is 5.91 Å². The van der Waals surface area contributed by atoms with Gasteiger partial charge in [-0.15, -0.1) is 0 Å². The second kappa shape index (κ2) is 7.33. The number of hydrogen-bond acceptors (Lipinski definition) is 3. The van der Waals surface area contributed by atoms with E-state index < -0.39 is 5.76 Å². The highest BCUT2D eigenvalue weighted by Gasteiger charge is 2.13. The van der Waals surface area contributed by atoms with Gasteiger partial charge in [0, 0.05) is 29.1 Å². The van der Waals surface area contributed by atoms with Crippen molar-refractivity contribution in [1.29, 1.82) is 0 Å². The lowest BCUT2D eigenvalue weighted by atomic mass is 10.1. The van der Waals surface area contributed by atoms with Crippen LogP contribution in [0.25, 0.3) is 11.1 Å². The van der Waals surface area contributed by atoms with Crippen molar-refractivity contribution >= 4 is 40.2 Å². The molecule has 1 aromatic heterocycles. The fourth-order valence-corrected chi connectivity index (χ4v) is 2.90. The Morgan fingerprint density at radius 1 is 1.16 bits per heavy atom. The van der Waals surface area contributed by atoms with Crippen molar-refractivity contribution in [3.8, 4) is 0 Å². The van der Waals surface area contributed by atoms with Crippen LogP contribution in [0.3, 0.4) is 0 Å². The lowest BCUT2D eigenvalue weighted by Crippen LogP contribution is -2.28. The minimum atomic E-state index is -0.504. The van der Waals surface area contributed by atoms with Crippen LogP contribution in [-0.4, -0.2) is 10.5 Å². The molecule has 25 heavy (non-hydrogen) atoms. The fraction of sp³-hybridized carbons (Fsp3) is 0.222. The van der Waals surface area contributed by atoms with Crippen molar-refractivity contribution in [1.82, 2.24) is 9.88 Å². The summed E-state index contributed by atoms with van der Waals surface area (Å²) in [5.41, 5.74) is 1.98. The zero-order valence-corrected chi connectivity index (χ0v) is 15.0. The largest absolute Gasteiger partial charge is 0.419 e. The van der Waals surface area contributed by atoms with E-state index in [1.807, 2.05) is 19.1 Å². The lowest BCUT2D eigenvalue weighted by molar-refractivity contribution is -0.121. The second-order valence-corrected chi connectivity index (χ2v) is 6.60. The minimum Gasteiger partial charge on any atom is -0.408 e. The Morgan fingerprint density at radius 2 is 1.84 bits per heavy atom. The molecule has 0 saturated heterocycles. The highest BCUT2D eigenvalue weighted by Crippen LogP contribution is 2.19. The first-order valence-corrected chi connectivity index (χ1v) is 8.53. The molecule has 0 aliphatic carbocycles. The zero-order chi connectivity index (χ0) is 18.0. The smallest absolute Gasteiger partial charge is 0.408 e. The van der Waals surface area contributed by atoms with Gasteiger partial charge in [-0.05, 0) is 36.8 Å². The van der Waals surface area contributed by atoms with E-state index in [1.165, 1.54) is 4.57 Å². The molecule has 0 aliphatic rings. The van der Waals surface area contributed by atoms with E-state index in [1.54, 1.807) is 30.3 Å². The quantitative estimate of drug-likeness (QED) is 0.724. The first kappa shape index (κ1) is 17.6. The number of amides is 1. The van der Waals surface area contributed by atoms with Crippen molar-refractivity contribution in [2.45, 2.75) is 25.9 Å². The normalized spacial score (nSPS) is 12.3. The number of oxazole rings is 1. The standard InChI is InChI=1S/C18H16Cl2N2O3/c1-11(12-2-4-13(19)5-3-12)21-17(23)8-9-22-15-7-6-14(20)10-16(15)25-18(22)24/h2-7,10-11H,8-9H2,1H3,(H,21,23)/t11-/m1/s1. The van der Waals surface area contributed by atoms with Gasteiger partial charge in [0.25, 0.3) is 0 Å². The van der Waals surface area contributed by atoms with Gasteiger partial charge < -0.3 is 9.73 Å². The first-order chi connectivity index (χ1) is 11.9. The first-order valence-electron chi connectivity index (χ1n) is 7.78. The summed E-state index contributed by atoms with van der Waals surface area (Å²) in [5.74, 6) is -0.659. The number of halogens is 2. The summed E-state index contributed by atoms with van der Waals surface area (Å²) in [7, 11) is 0. The number of nitrogens with zero attached hydrogens (tertiary/aromatic N) is 1. The highest BCUT2D eigenvalue weighted by atomic mass is 35.5. The third kappa shape index (κ3) is 4.06. The summed E-state index contributed by atoms with van der Waals surface area (Å²) in [6, 6.07) is 12.1. The van der Waals surface area contributed by atoms with E-state index in [0.717, 1.165) is 5.56 Å². The summed E-state index contributed by atoms with van der Waals surface area (Å²) in [6.45, 7) is 2.12. The Balaban J connectivity index is 1.65. The number of aromatic nitrogens is 1. The van der Waals surface area contributed by atoms with E-state index >= 15 is 0 Å². The molecule has 2 aromatic carbocycles. The van der Waals surface area contributed by atoms with E-state index in [0.29, 0.717) is 21.1 Å². The molecule has 7 heteroatoms. The van der Waals surface area contributed by atoms with Crippen molar-refractivity contribution in [3.05, 3.63) is 68.6 Å². The molecule has 0 saturated carbocycles. The highest BCUT2D eigenvalue weighted by molar-refractivity contribution is 6.31. The predicted octanol–water partition coefficient (Wildman–Crippen LogP) is 4.17. The number of fused-ring (bicyclic) bond motifs is 1. The summed E-state index contributed by atoms with van der Waals surface area (Å²) in [4.78, 5) is 24.1. The number of carbonyl (C=O) groups excluding carboxylic acids is 1. The molecule has 1 N–H and O–H groups in total. The molecule has 0 unspecified atom stereocenters. The molecule has 0 radical (unpaired) electrons. The van der Waals surface area contributed by atoms with Crippen LogP contribution >= 0.6 is 23.2 Å². The summed E-state index contributed by atoms with van der Waals surface area (Å²) in [5, 5.41) is 4.04. The number of benzene rings is 2. The SMILES string of the molecule is C[C@@H](NC(=O)CCn1c(=O)oc2cc(Cl)ccc21)c1ccc(Cl)cc1. The van der Waals surface area contributed by atoms with Crippen LogP contribution in [0.4, 0.5) is 0 Å². The van der Waals surface area contributed by atoms with Gasteiger partial charge >= 0.3 is 5.76 Å². The van der Waals surface area contributed by atoms with Crippen molar-refractivity contribution in [2.24, 2.45) is 0 Å². The maximum atomic E-state index is 12.2. The third-order valence-corrected chi connectivity index (χ3v) is 4.43. The molecule has 0 aliphatic heterocycles. The summed E-state index contributed by atoms with van der Waals surface area (Å²) < 4.78 is 6.58. The molecule has 0 fully saturated rings. The van der Waals surface area contributed by atoms with Crippen LogP contribution < -0.4 is 11.1 Å². The predicted molar refractivity (Wildman–Crippen MR) is 98.1 cm³/mol. The third-order valence-electron chi connectivity index (χ3n) is 3.94. The van der Waals surface area contributed by atoms with Crippen LogP contribution in [0.15, 0.2) is 51.7 Å². The van der Waals surface area contributed by atoms with E-state index in [2.05, 4.69) is 5.32 Å². The number of carbonyl (C=O) groups is 1. The van der Waals surface area contributed by atoms with E-state index in [4.69, 9.17) is 27.6 Å². The van der Waals surface area contributed by atoms with Gasteiger partial charge in [-0.1, -0.05) is 35.3 Å². The maximum absolute atomic E-state index is 12.2. The molecule has 1 heterocycles. The number of hydrogen-bond donors (Lipinski definition) is 1. The average molecular weight is 379 g/mol. The van der Waals surface area contributed by atoms with Gasteiger partial charge in [0.1, 0.15) is 0 Å². The number of rotatable bonds is 5. The van der Waals surface area contributed by atoms with Gasteiger partial charge in [0.15, 0.2) is 5.58 Å². The van der Waals surface area contributed by atoms with Crippen molar-refractivity contribution in [2.75, 3.05) is 0 Å². The molecule has 1 atom stereocenters. The molecular formula is C18H16Cl2N2O3. The Hall–Kier alpha value is -2.24. The second-order valence-electron chi connectivity index (χ2n) is 5.72. The molecule has 5 nitrogen and oxygen atoms in total. The molecule has 3 aromatic rings. The van der Waals surface area contributed by atoms with Gasteiger partial charge in [-0.25, -0.2) is 4.79 Å². The Kier molecular flexibility index (Phi) is 5.16. The number of nitrogens with one attached hydrogen (secondary N) is 1. The zero-order valence-electron chi connectivity index (χ0n) is 13.5. The molecule has 0 bridgehead atoms. The summed E-state index contributed by atoms with van der Waals surface area (Å²) >= 11 is 11.8. The summed E-state index contributed by atoms with van der Waals surface area (Å²) in [6.07, 6.45) is 0.162. The Labute approximate surface area is 154 Å². The number of aryl methyl sites for hydroxylation is 1. The van der Waals surface area contributed by atoms with Gasteiger partial charge in [0.05, 0.1) is 11.6 Å². The lowest BCUT2D eigenvalue weighted by Gasteiger charge is -2.14. The molecule has 3 rings (SSSR count). The van der Waals surface area contributed by atoms with Crippen LogP contribution in [0.1, 0.15) is 24.9 Å². The van der Waals surface area contributed by atoms with Crippen LogP contribution in [0, 0.1) is 0 Å². The van der Waals surface area contributed by atoms with Gasteiger partial charge in [-0.3, -0.25) is 9.36 Å². The molecule has 0 spiro atoms. The fourth-order valence-electron chi connectivity index (χ4n) is 2.61. The monoisotopic (exact) mass is 378 g/mol. The Morgan fingerprint density at radius 3 is 2.56 bits per heavy atom. The Bertz CT molecular complexity index is 961. The van der Waals surface area contributed by atoms with E-state index in [-0.39, 0.29) is 24.9 Å². The average Bonchev–Trinajstić information content (AvgIpc) is 2.87. The van der Waals surface area contributed by atoms with Gasteiger partial charge in [-0.2, -0.15) is 0 Å². The minimum absolute atomic E-state index is 0.151. The molecule has 130 valence electrons. The topological polar surface area (TPSA) is 64.2 Å². The maximum Gasteiger partial charge on any atom is 0.419 e. The van der Waals surface area contributed by atoms with Crippen molar-refractivity contribution < 1.29 is 9.21 Å². The van der Waals surface area contributed by atoms with Crippen LogP contribution in [0.2, 0.25) is 10.0 Å².